The summed E-state index contributed by atoms with van der Waals surface area (Å²) in [4.78, 5) is 36.4. The first-order valence-electron chi connectivity index (χ1n) is 11.2. The zero-order valence-electron chi connectivity index (χ0n) is 18.8. The Balaban J connectivity index is 1.66. The summed E-state index contributed by atoms with van der Waals surface area (Å²) in [6.07, 6.45) is -1.34. The van der Waals surface area contributed by atoms with Crippen molar-refractivity contribution in [3.63, 3.8) is 0 Å². The molecule has 0 bridgehead atoms. The van der Waals surface area contributed by atoms with Gasteiger partial charge in [0.15, 0.2) is 0 Å². The van der Waals surface area contributed by atoms with Crippen LogP contribution in [0, 0.1) is 0 Å². The molecule has 176 valence electrons. The van der Waals surface area contributed by atoms with Gasteiger partial charge in [0.05, 0.1) is 18.6 Å². The van der Waals surface area contributed by atoms with Crippen molar-refractivity contribution in [2.75, 3.05) is 6.61 Å². The van der Waals surface area contributed by atoms with Crippen LogP contribution in [0.5, 0.6) is 0 Å². The van der Waals surface area contributed by atoms with Crippen molar-refractivity contribution in [2.45, 2.75) is 57.2 Å². The van der Waals surface area contributed by atoms with Gasteiger partial charge in [0, 0.05) is 5.92 Å². The van der Waals surface area contributed by atoms with E-state index in [1.807, 2.05) is 48.5 Å². The molecule has 8 heteroatoms. The number of nitrogens with one attached hydrogen (secondary N) is 2. The molecule has 3 rings (SSSR count). The highest BCUT2D eigenvalue weighted by Gasteiger charge is 2.31. The molecule has 0 spiro atoms. The summed E-state index contributed by atoms with van der Waals surface area (Å²) in [6, 6.07) is 13.9. The highest BCUT2D eigenvalue weighted by molar-refractivity contribution is 5.89. The van der Waals surface area contributed by atoms with E-state index < -0.39 is 42.6 Å². The number of aliphatic hydroxyl groups is 1. The van der Waals surface area contributed by atoms with Crippen LogP contribution in [-0.2, 0) is 14.3 Å². The van der Waals surface area contributed by atoms with E-state index in [-0.39, 0.29) is 12.5 Å². The number of benzene rings is 2. The molecular weight excluding hydrogens is 424 g/mol. The topological polar surface area (TPSA) is 125 Å². The molecule has 8 nitrogen and oxygen atoms in total. The van der Waals surface area contributed by atoms with Crippen molar-refractivity contribution in [2.24, 2.45) is 0 Å². The van der Waals surface area contributed by atoms with Gasteiger partial charge in [-0.3, -0.25) is 9.59 Å². The van der Waals surface area contributed by atoms with Crippen molar-refractivity contribution in [1.29, 1.82) is 0 Å². The van der Waals surface area contributed by atoms with E-state index in [0.717, 1.165) is 22.3 Å². The first kappa shape index (κ1) is 24.3. The Hall–Kier alpha value is -3.39. The number of hydrogen-bond acceptors (Lipinski definition) is 5. The lowest BCUT2D eigenvalue weighted by molar-refractivity contribution is -0.140. The smallest absolute Gasteiger partial charge is 0.407 e. The van der Waals surface area contributed by atoms with Crippen LogP contribution in [0.1, 0.15) is 50.2 Å². The van der Waals surface area contributed by atoms with E-state index in [1.165, 1.54) is 0 Å². The average Bonchev–Trinajstić information content (AvgIpc) is 3.13. The van der Waals surface area contributed by atoms with Crippen molar-refractivity contribution in [3.05, 3.63) is 59.7 Å². The van der Waals surface area contributed by atoms with Crippen LogP contribution >= 0.6 is 0 Å². The summed E-state index contributed by atoms with van der Waals surface area (Å²) in [7, 11) is 0. The minimum absolute atomic E-state index is 0.0490. The quantitative estimate of drug-likeness (QED) is 0.437. The van der Waals surface area contributed by atoms with Gasteiger partial charge in [-0.1, -0.05) is 62.4 Å². The fourth-order valence-electron chi connectivity index (χ4n) is 4.20. The number of aliphatic hydroxyl groups excluding tert-OH is 1. The van der Waals surface area contributed by atoms with E-state index >= 15 is 0 Å². The molecule has 4 N–H and O–H groups in total. The van der Waals surface area contributed by atoms with Crippen molar-refractivity contribution < 1.29 is 29.3 Å². The second-order valence-electron chi connectivity index (χ2n) is 8.12. The molecule has 0 fully saturated rings. The number of carbonyl (C=O) groups excluding carboxylic acids is 2. The molecule has 2 aromatic carbocycles. The lowest BCUT2D eigenvalue weighted by Crippen LogP contribution is -2.53. The van der Waals surface area contributed by atoms with Gasteiger partial charge in [-0.15, -0.1) is 0 Å². The Bertz CT molecular complexity index is 962. The predicted molar refractivity (Wildman–Crippen MR) is 123 cm³/mol. The molecular formula is C25H30N2O6. The van der Waals surface area contributed by atoms with E-state index in [4.69, 9.17) is 4.74 Å². The number of amides is 2. The Morgan fingerprint density at radius 1 is 0.939 bits per heavy atom. The van der Waals surface area contributed by atoms with E-state index in [0.29, 0.717) is 12.8 Å². The fourth-order valence-corrected chi connectivity index (χ4v) is 4.20. The molecule has 2 aromatic rings. The van der Waals surface area contributed by atoms with Gasteiger partial charge in [0.1, 0.15) is 12.6 Å². The van der Waals surface area contributed by atoms with E-state index in [9.17, 15) is 24.6 Å². The summed E-state index contributed by atoms with van der Waals surface area (Å²) in [5.74, 6) is -2.07. The third-order valence-electron chi connectivity index (χ3n) is 5.98. The van der Waals surface area contributed by atoms with Gasteiger partial charge in [-0.25, -0.2) is 4.79 Å². The van der Waals surface area contributed by atoms with E-state index in [1.54, 1.807) is 13.8 Å². The molecule has 3 unspecified atom stereocenters. The number of carboxylic acid groups (broad SMARTS) is 1. The molecule has 3 atom stereocenters. The molecule has 1 aliphatic carbocycles. The number of rotatable bonds is 10. The highest BCUT2D eigenvalue weighted by atomic mass is 16.5. The maximum Gasteiger partial charge on any atom is 0.407 e. The summed E-state index contributed by atoms with van der Waals surface area (Å²) in [5, 5.41) is 24.2. The Morgan fingerprint density at radius 3 is 2.03 bits per heavy atom. The van der Waals surface area contributed by atoms with Crippen LogP contribution in [0.2, 0.25) is 0 Å². The molecule has 0 saturated heterocycles. The van der Waals surface area contributed by atoms with Gasteiger partial charge in [-0.2, -0.15) is 0 Å². The van der Waals surface area contributed by atoms with Gasteiger partial charge >= 0.3 is 12.1 Å². The summed E-state index contributed by atoms with van der Waals surface area (Å²) in [5.41, 5.74) is 4.27. The zero-order chi connectivity index (χ0) is 24.0. The standard InChI is InChI=1S/C25H30N2O6/c1-3-20(22(28)4-2)26-24(31)21(13-23(29)30)27-25(32)33-14-19-17-11-7-5-9-15(17)16-10-6-8-12-18(16)19/h5-12,19-22,28H,3-4,13-14H2,1-2H3,(H,26,31)(H,27,32)(H,29,30). The Labute approximate surface area is 193 Å². The van der Waals surface area contributed by atoms with Crippen molar-refractivity contribution >= 4 is 18.0 Å². The second-order valence-corrected chi connectivity index (χ2v) is 8.12. The average molecular weight is 455 g/mol. The molecule has 0 radical (unpaired) electrons. The van der Waals surface area contributed by atoms with Crippen LogP contribution in [0.3, 0.4) is 0 Å². The summed E-state index contributed by atoms with van der Waals surface area (Å²) in [6.45, 7) is 3.63. The van der Waals surface area contributed by atoms with Crippen LogP contribution in [-0.4, -0.2) is 53.0 Å². The maximum atomic E-state index is 12.6. The van der Waals surface area contributed by atoms with Crippen LogP contribution in [0.4, 0.5) is 4.79 Å². The summed E-state index contributed by atoms with van der Waals surface area (Å²) >= 11 is 0. The number of aliphatic carboxylic acids is 1. The number of carboxylic acids is 1. The first-order chi connectivity index (χ1) is 15.8. The molecule has 33 heavy (non-hydrogen) atoms. The maximum absolute atomic E-state index is 12.6. The molecule has 2 amide bonds. The normalized spacial score (nSPS) is 15.0. The van der Waals surface area contributed by atoms with Gasteiger partial charge < -0.3 is 25.6 Å². The van der Waals surface area contributed by atoms with Crippen LogP contribution in [0.15, 0.2) is 48.5 Å². The monoisotopic (exact) mass is 454 g/mol. The molecule has 0 heterocycles. The third kappa shape index (κ3) is 5.70. The number of ether oxygens (including phenoxy) is 1. The Kier molecular flexibility index (Phi) is 8.06. The lowest BCUT2D eigenvalue weighted by Gasteiger charge is -2.25. The molecule has 0 aromatic heterocycles. The molecule has 1 aliphatic rings. The van der Waals surface area contributed by atoms with E-state index in [2.05, 4.69) is 10.6 Å². The van der Waals surface area contributed by atoms with Crippen molar-refractivity contribution in [3.8, 4) is 11.1 Å². The Morgan fingerprint density at radius 2 is 1.52 bits per heavy atom. The minimum atomic E-state index is -1.32. The second kappa shape index (κ2) is 11.0. The number of hydrogen-bond donors (Lipinski definition) is 4. The van der Waals surface area contributed by atoms with Gasteiger partial charge in [0.25, 0.3) is 0 Å². The van der Waals surface area contributed by atoms with Gasteiger partial charge in [0.2, 0.25) is 5.91 Å². The van der Waals surface area contributed by atoms with Crippen molar-refractivity contribution in [1.82, 2.24) is 10.6 Å². The first-order valence-corrected chi connectivity index (χ1v) is 11.2. The molecule has 0 aliphatic heterocycles. The third-order valence-corrected chi connectivity index (χ3v) is 5.98. The highest BCUT2D eigenvalue weighted by Crippen LogP contribution is 2.44. The fraction of sp³-hybridized carbons (Fsp3) is 0.400. The SMILES string of the molecule is CCC(O)C(CC)NC(=O)C(CC(=O)O)NC(=O)OCC1c2ccccc2-c2ccccc21. The molecule has 0 saturated carbocycles. The number of fused-ring (bicyclic) bond motifs is 3. The lowest BCUT2D eigenvalue weighted by atomic mass is 9.98. The predicted octanol–water partition coefficient (Wildman–Crippen LogP) is 3.03. The number of carbonyl (C=O) groups is 3. The largest absolute Gasteiger partial charge is 0.481 e. The van der Waals surface area contributed by atoms with Gasteiger partial charge in [-0.05, 0) is 35.1 Å². The zero-order valence-corrected chi connectivity index (χ0v) is 18.8. The number of alkyl carbamates (subject to hydrolysis) is 1. The summed E-state index contributed by atoms with van der Waals surface area (Å²) < 4.78 is 5.43. The van der Waals surface area contributed by atoms with Crippen LogP contribution in [0.25, 0.3) is 11.1 Å². The van der Waals surface area contributed by atoms with Crippen LogP contribution < -0.4 is 10.6 Å². The minimum Gasteiger partial charge on any atom is -0.481 e.